The van der Waals surface area contributed by atoms with Crippen LogP contribution in [0.15, 0.2) is 59.7 Å². The van der Waals surface area contributed by atoms with Gasteiger partial charge >= 0.3 is 0 Å². The summed E-state index contributed by atoms with van der Waals surface area (Å²) < 4.78 is 7.09. The van der Waals surface area contributed by atoms with Gasteiger partial charge in [0.1, 0.15) is 29.5 Å². The number of anilines is 2. The van der Waals surface area contributed by atoms with Gasteiger partial charge in [0.2, 0.25) is 0 Å². The molecular formula is C25H25N7O2. The quantitative estimate of drug-likeness (QED) is 0.362. The van der Waals surface area contributed by atoms with Gasteiger partial charge in [0.15, 0.2) is 0 Å². The van der Waals surface area contributed by atoms with Crippen LogP contribution in [0.1, 0.15) is 48.8 Å². The van der Waals surface area contributed by atoms with Gasteiger partial charge in [-0.25, -0.2) is 15.0 Å². The highest BCUT2D eigenvalue weighted by molar-refractivity contribution is 6.16. The summed E-state index contributed by atoms with van der Waals surface area (Å²) in [6.07, 6.45) is 3.26. The van der Waals surface area contributed by atoms with E-state index in [9.17, 15) is 4.79 Å². The lowest BCUT2D eigenvalue weighted by Crippen LogP contribution is -2.28. The van der Waals surface area contributed by atoms with Gasteiger partial charge in [-0.3, -0.25) is 14.8 Å². The number of hydrogen-bond acceptors (Lipinski definition) is 8. The number of nitrogens with one attached hydrogen (secondary N) is 2. The van der Waals surface area contributed by atoms with Gasteiger partial charge in [-0.2, -0.15) is 0 Å². The Labute approximate surface area is 196 Å². The van der Waals surface area contributed by atoms with Crippen LogP contribution in [0.5, 0.6) is 5.75 Å². The van der Waals surface area contributed by atoms with Gasteiger partial charge in [0.25, 0.3) is 5.56 Å². The van der Waals surface area contributed by atoms with E-state index in [1.165, 1.54) is 6.33 Å². The van der Waals surface area contributed by atoms with Gasteiger partial charge in [-0.15, -0.1) is 0 Å². The molecule has 0 spiro atoms. The van der Waals surface area contributed by atoms with E-state index in [1.54, 1.807) is 23.8 Å². The second-order valence-corrected chi connectivity index (χ2v) is 8.35. The van der Waals surface area contributed by atoms with Gasteiger partial charge in [-0.05, 0) is 44.0 Å². The Hall–Kier alpha value is -4.27. The van der Waals surface area contributed by atoms with Crippen LogP contribution in [-0.4, -0.2) is 32.3 Å². The Kier molecular flexibility index (Phi) is 5.45. The molecule has 0 bridgehead atoms. The minimum Gasteiger partial charge on any atom is -0.497 e. The maximum atomic E-state index is 13.3. The van der Waals surface area contributed by atoms with Crippen molar-refractivity contribution in [3.05, 3.63) is 82.2 Å². The van der Waals surface area contributed by atoms with Crippen molar-refractivity contribution < 1.29 is 4.74 Å². The van der Waals surface area contributed by atoms with Crippen molar-refractivity contribution in [2.45, 2.75) is 31.8 Å². The Morgan fingerprint density at radius 1 is 1.21 bits per heavy atom. The number of nitrogens with two attached hydrogens (primary N) is 1. The van der Waals surface area contributed by atoms with Crippen LogP contribution in [-0.2, 0) is 0 Å². The first-order chi connectivity index (χ1) is 16.5. The number of nitrogen functional groups attached to an aromatic ring is 1. The maximum absolute atomic E-state index is 13.3. The molecule has 1 aliphatic carbocycles. The highest BCUT2D eigenvalue weighted by atomic mass is 16.5. The Balaban J connectivity index is 1.56. The topological polar surface area (TPSA) is 132 Å². The Morgan fingerprint density at radius 3 is 2.76 bits per heavy atom. The fourth-order valence-corrected chi connectivity index (χ4v) is 4.10. The van der Waals surface area contributed by atoms with Gasteiger partial charge in [0, 0.05) is 11.6 Å². The average molecular weight is 456 g/mol. The van der Waals surface area contributed by atoms with Crippen molar-refractivity contribution in [1.82, 2.24) is 19.5 Å². The lowest BCUT2D eigenvalue weighted by Gasteiger charge is -2.21. The predicted molar refractivity (Wildman–Crippen MR) is 132 cm³/mol. The van der Waals surface area contributed by atoms with Crippen molar-refractivity contribution in [2.24, 2.45) is 0 Å². The van der Waals surface area contributed by atoms with Crippen molar-refractivity contribution in [1.29, 1.82) is 5.41 Å². The Bertz CT molecular complexity index is 1460. The van der Waals surface area contributed by atoms with E-state index in [1.807, 2.05) is 43.3 Å². The number of aromatic nitrogens is 4. The SMILES string of the molecule is COc1cccc(C(=N)c2c(N)ncnc2NC(C)c2nc3ccccc3c(=O)n2C2CC2)c1. The number of benzene rings is 2. The lowest BCUT2D eigenvalue weighted by atomic mass is 10.0. The molecule has 4 N–H and O–H groups in total. The van der Waals surface area contributed by atoms with E-state index in [2.05, 4.69) is 15.3 Å². The summed E-state index contributed by atoms with van der Waals surface area (Å²) in [7, 11) is 1.58. The summed E-state index contributed by atoms with van der Waals surface area (Å²) in [6, 6.07) is 14.3. The van der Waals surface area contributed by atoms with Crippen LogP contribution in [0.4, 0.5) is 11.6 Å². The van der Waals surface area contributed by atoms with Crippen molar-refractivity contribution in [3.63, 3.8) is 0 Å². The minimum atomic E-state index is -0.371. The number of hydrogen-bond donors (Lipinski definition) is 3. The highest BCUT2D eigenvalue weighted by Gasteiger charge is 2.30. The smallest absolute Gasteiger partial charge is 0.261 e. The molecule has 0 aliphatic heterocycles. The summed E-state index contributed by atoms with van der Waals surface area (Å²) in [4.78, 5) is 26.6. The normalized spacial score (nSPS) is 14.1. The largest absolute Gasteiger partial charge is 0.497 e. The van der Waals surface area contributed by atoms with Crippen LogP contribution < -0.4 is 21.3 Å². The van der Waals surface area contributed by atoms with Crippen LogP contribution in [0, 0.1) is 5.41 Å². The zero-order valence-corrected chi connectivity index (χ0v) is 18.9. The van der Waals surface area contributed by atoms with E-state index < -0.39 is 0 Å². The fraction of sp³-hybridized carbons (Fsp3) is 0.240. The Morgan fingerprint density at radius 2 is 2.00 bits per heavy atom. The minimum absolute atomic E-state index is 0.0386. The van der Waals surface area contributed by atoms with Gasteiger partial charge < -0.3 is 15.8 Å². The van der Waals surface area contributed by atoms with Crippen LogP contribution in [0.2, 0.25) is 0 Å². The summed E-state index contributed by atoms with van der Waals surface area (Å²) in [6.45, 7) is 1.92. The molecule has 172 valence electrons. The molecule has 2 heterocycles. The van der Waals surface area contributed by atoms with E-state index in [0.717, 1.165) is 12.8 Å². The van der Waals surface area contributed by atoms with E-state index in [0.29, 0.717) is 39.4 Å². The maximum Gasteiger partial charge on any atom is 0.261 e. The molecule has 0 amide bonds. The summed E-state index contributed by atoms with van der Waals surface area (Å²) in [5.41, 5.74) is 7.97. The molecule has 1 unspecified atom stereocenters. The first-order valence-corrected chi connectivity index (χ1v) is 11.1. The molecule has 2 aromatic carbocycles. The zero-order chi connectivity index (χ0) is 23.8. The monoisotopic (exact) mass is 455 g/mol. The lowest BCUT2D eigenvalue weighted by molar-refractivity contribution is 0.414. The molecule has 0 saturated heterocycles. The number of fused-ring (bicyclic) bond motifs is 1. The third-order valence-electron chi connectivity index (χ3n) is 5.97. The third-order valence-corrected chi connectivity index (χ3v) is 5.97. The molecule has 1 fully saturated rings. The molecule has 9 heteroatoms. The number of ether oxygens (including phenoxy) is 1. The molecule has 1 saturated carbocycles. The van der Waals surface area contributed by atoms with Crippen molar-refractivity contribution >= 4 is 28.3 Å². The highest BCUT2D eigenvalue weighted by Crippen LogP contribution is 2.36. The van der Waals surface area contributed by atoms with Gasteiger partial charge in [-0.1, -0.05) is 24.3 Å². The molecule has 34 heavy (non-hydrogen) atoms. The van der Waals surface area contributed by atoms with E-state index >= 15 is 0 Å². The molecular weight excluding hydrogens is 430 g/mol. The first kappa shape index (κ1) is 21.6. The van der Waals surface area contributed by atoms with Crippen molar-refractivity contribution in [3.8, 4) is 5.75 Å². The van der Waals surface area contributed by atoms with E-state index in [-0.39, 0.29) is 29.2 Å². The fourth-order valence-electron chi connectivity index (χ4n) is 4.10. The molecule has 4 aromatic rings. The first-order valence-electron chi connectivity index (χ1n) is 11.1. The zero-order valence-electron chi connectivity index (χ0n) is 18.9. The number of methoxy groups -OCH3 is 1. The van der Waals surface area contributed by atoms with Gasteiger partial charge in [0.05, 0.1) is 35.3 Å². The molecule has 1 aliphatic rings. The number of rotatable bonds is 7. The molecule has 0 radical (unpaired) electrons. The summed E-state index contributed by atoms with van der Waals surface area (Å²) in [5, 5.41) is 12.8. The molecule has 1 atom stereocenters. The number of nitrogens with zero attached hydrogens (tertiary/aromatic N) is 4. The predicted octanol–water partition coefficient (Wildman–Crippen LogP) is 3.70. The second kappa shape index (κ2) is 8.58. The average Bonchev–Trinajstić information content (AvgIpc) is 3.69. The van der Waals surface area contributed by atoms with Crippen molar-refractivity contribution in [2.75, 3.05) is 18.2 Å². The molecule has 2 aromatic heterocycles. The second-order valence-electron chi connectivity index (χ2n) is 8.35. The molecule has 9 nitrogen and oxygen atoms in total. The van der Waals surface area contributed by atoms with Crippen LogP contribution in [0.3, 0.4) is 0 Å². The van der Waals surface area contributed by atoms with Crippen LogP contribution >= 0.6 is 0 Å². The standard InChI is InChI=1S/C25H25N7O2/c1-14(24-31-19-9-4-3-8-18(19)25(33)32(24)16-10-11-16)30-23-20(22(27)28-13-29-23)21(26)15-6-5-7-17(12-15)34-2/h3-9,12-14,16,26H,10-11H2,1-2H3,(H3,27,28,29,30). The molecule has 5 rings (SSSR count). The number of para-hydroxylation sites is 1. The third kappa shape index (κ3) is 3.85. The van der Waals surface area contributed by atoms with Crippen LogP contribution in [0.25, 0.3) is 10.9 Å². The summed E-state index contributed by atoms with van der Waals surface area (Å²) in [5.74, 6) is 1.85. The van der Waals surface area contributed by atoms with E-state index in [4.69, 9.17) is 20.9 Å². The summed E-state index contributed by atoms with van der Waals surface area (Å²) >= 11 is 0.